The van der Waals surface area contributed by atoms with Gasteiger partial charge < -0.3 is 10.8 Å². The predicted octanol–water partition coefficient (Wildman–Crippen LogP) is 1.93. The summed E-state index contributed by atoms with van der Waals surface area (Å²) >= 11 is 5.94. The average Bonchev–Trinajstić information content (AvgIpc) is 2.11. The third-order valence-electron chi connectivity index (χ3n) is 1.97. The highest BCUT2D eigenvalue weighted by atomic mass is 35.5. The Bertz CT molecular complexity index is 291. The number of nitrogens with two attached hydrogens (primary N) is 1. The molecule has 1 aromatic rings. The third kappa shape index (κ3) is 3.84. The summed E-state index contributed by atoms with van der Waals surface area (Å²) in [5.41, 5.74) is 7.73. The van der Waals surface area contributed by atoms with E-state index in [-0.39, 0.29) is 25.1 Å². The van der Waals surface area contributed by atoms with E-state index in [4.69, 9.17) is 22.4 Å². The van der Waals surface area contributed by atoms with Gasteiger partial charge in [-0.25, -0.2) is 0 Å². The fraction of sp³-hybridized carbons (Fsp3) is 0.400. The first kappa shape index (κ1) is 13.7. The van der Waals surface area contributed by atoms with Crippen LogP contribution in [0.15, 0.2) is 18.2 Å². The van der Waals surface area contributed by atoms with Crippen molar-refractivity contribution in [1.82, 2.24) is 0 Å². The molecule has 3 N–H and O–H groups in total. The maximum atomic E-state index is 8.76. The molecule has 0 fully saturated rings. The smallest absolute Gasteiger partial charge is 0.0585 e. The number of hydrogen-bond acceptors (Lipinski definition) is 2. The normalized spacial score (nSPS) is 12.0. The van der Waals surface area contributed by atoms with E-state index in [0.717, 1.165) is 16.1 Å². The van der Waals surface area contributed by atoms with Crippen LogP contribution in [0, 0.1) is 6.92 Å². The van der Waals surface area contributed by atoms with Crippen LogP contribution < -0.4 is 5.73 Å². The minimum absolute atomic E-state index is 0. The van der Waals surface area contributed by atoms with Crippen molar-refractivity contribution < 1.29 is 5.11 Å². The van der Waals surface area contributed by atoms with Gasteiger partial charge in [0.05, 0.1) is 6.61 Å². The molecule has 0 saturated heterocycles. The Hall–Kier alpha value is -0.280. The van der Waals surface area contributed by atoms with E-state index in [9.17, 15) is 0 Å². The predicted molar refractivity (Wildman–Crippen MR) is 62.2 cm³/mol. The average molecular weight is 236 g/mol. The number of aryl methyl sites for hydroxylation is 1. The monoisotopic (exact) mass is 235 g/mol. The molecule has 80 valence electrons. The molecule has 1 aromatic carbocycles. The lowest BCUT2D eigenvalue weighted by atomic mass is 10.1. The first-order chi connectivity index (χ1) is 6.13. The standard InChI is InChI=1S/C10H14ClNO.ClH/c1-7-2-3-8(5-10(7)11)4-9(12)6-13;/h2-3,5,9,13H,4,6,12H2,1H3;1H. The van der Waals surface area contributed by atoms with E-state index < -0.39 is 0 Å². The van der Waals surface area contributed by atoms with Crippen LogP contribution >= 0.6 is 24.0 Å². The van der Waals surface area contributed by atoms with Crippen LogP contribution in [0.25, 0.3) is 0 Å². The van der Waals surface area contributed by atoms with Gasteiger partial charge in [-0.3, -0.25) is 0 Å². The number of aliphatic hydroxyl groups excluding tert-OH is 1. The Morgan fingerprint density at radius 3 is 2.64 bits per heavy atom. The van der Waals surface area contributed by atoms with Crippen LogP contribution in [-0.2, 0) is 6.42 Å². The molecule has 0 aliphatic heterocycles. The highest BCUT2D eigenvalue weighted by Crippen LogP contribution is 2.17. The third-order valence-corrected chi connectivity index (χ3v) is 2.38. The fourth-order valence-corrected chi connectivity index (χ4v) is 1.33. The molecule has 4 heteroatoms. The van der Waals surface area contributed by atoms with Gasteiger partial charge in [0, 0.05) is 11.1 Å². The van der Waals surface area contributed by atoms with E-state index >= 15 is 0 Å². The molecule has 0 saturated carbocycles. The van der Waals surface area contributed by atoms with Gasteiger partial charge in [-0.1, -0.05) is 23.7 Å². The van der Waals surface area contributed by atoms with Gasteiger partial charge in [-0.05, 0) is 30.5 Å². The number of benzene rings is 1. The summed E-state index contributed by atoms with van der Waals surface area (Å²) < 4.78 is 0. The summed E-state index contributed by atoms with van der Waals surface area (Å²) in [4.78, 5) is 0. The Morgan fingerprint density at radius 2 is 2.14 bits per heavy atom. The second-order valence-corrected chi connectivity index (χ2v) is 3.64. The Kier molecular flexibility index (Phi) is 6.12. The molecule has 14 heavy (non-hydrogen) atoms. The van der Waals surface area contributed by atoms with Gasteiger partial charge in [-0.15, -0.1) is 12.4 Å². The summed E-state index contributed by atoms with van der Waals surface area (Å²) in [6.45, 7) is 1.96. The van der Waals surface area contributed by atoms with E-state index in [2.05, 4.69) is 0 Å². The lowest BCUT2D eigenvalue weighted by molar-refractivity contribution is 0.265. The van der Waals surface area contributed by atoms with E-state index in [1.807, 2.05) is 25.1 Å². The molecule has 0 aliphatic rings. The van der Waals surface area contributed by atoms with Crippen molar-refractivity contribution >= 4 is 24.0 Å². The zero-order chi connectivity index (χ0) is 9.84. The van der Waals surface area contributed by atoms with E-state index in [1.165, 1.54) is 0 Å². The van der Waals surface area contributed by atoms with Crippen molar-refractivity contribution in [3.05, 3.63) is 34.3 Å². The molecule has 0 bridgehead atoms. The van der Waals surface area contributed by atoms with Crippen LogP contribution in [-0.4, -0.2) is 17.8 Å². The highest BCUT2D eigenvalue weighted by molar-refractivity contribution is 6.31. The molecule has 1 unspecified atom stereocenters. The Balaban J connectivity index is 0.00000169. The maximum absolute atomic E-state index is 8.76. The number of aliphatic hydroxyl groups is 1. The highest BCUT2D eigenvalue weighted by Gasteiger charge is 2.03. The Morgan fingerprint density at radius 1 is 1.50 bits per heavy atom. The largest absolute Gasteiger partial charge is 0.395 e. The lowest BCUT2D eigenvalue weighted by Crippen LogP contribution is -2.26. The molecular weight excluding hydrogens is 221 g/mol. The van der Waals surface area contributed by atoms with Crippen LogP contribution in [0.4, 0.5) is 0 Å². The quantitative estimate of drug-likeness (QED) is 0.842. The molecule has 1 rings (SSSR count). The molecule has 1 atom stereocenters. The van der Waals surface area contributed by atoms with Gasteiger partial charge in [0.25, 0.3) is 0 Å². The SMILES string of the molecule is Cc1ccc(CC(N)CO)cc1Cl.Cl. The summed E-state index contributed by atoms with van der Waals surface area (Å²) in [7, 11) is 0. The molecule has 0 radical (unpaired) electrons. The summed E-state index contributed by atoms with van der Waals surface area (Å²) in [5, 5.41) is 9.51. The van der Waals surface area contributed by atoms with Crippen molar-refractivity contribution in [3.8, 4) is 0 Å². The van der Waals surface area contributed by atoms with Gasteiger partial charge in [0.2, 0.25) is 0 Å². The minimum atomic E-state index is -0.196. The summed E-state index contributed by atoms with van der Waals surface area (Å²) in [5.74, 6) is 0. The molecule has 2 nitrogen and oxygen atoms in total. The molecule has 0 aliphatic carbocycles. The van der Waals surface area contributed by atoms with E-state index in [0.29, 0.717) is 6.42 Å². The lowest BCUT2D eigenvalue weighted by Gasteiger charge is -2.08. The van der Waals surface area contributed by atoms with Crippen LogP contribution in [0.5, 0.6) is 0 Å². The number of hydrogen-bond donors (Lipinski definition) is 2. The van der Waals surface area contributed by atoms with Gasteiger partial charge in [-0.2, -0.15) is 0 Å². The van der Waals surface area contributed by atoms with Crippen LogP contribution in [0.3, 0.4) is 0 Å². The fourth-order valence-electron chi connectivity index (χ4n) is 1.13. The molecule has 0 spiro atoms. The van der Waals surface area contributed by atoms with Crippen LogP contribution in [0.2, 0.25) is 5.02 Å². The van der Waals surface area contributed by atoms with Gasteiger partial charge >= 0.3 is 0 Å². The molecule has 0 amide bonds. The number of halogens is 2. The van der Waals surface area contributed by atoms with Gasteiger partial charge in [0.15, 0.2) is 0 Å². The molecule has 0 aromatic heterocycles. The first-order valence-electron chi connectivity index (χ1n) is 4.25. The molecule has 0 heterocycles. The second-order valence-electron chi connectivity index (χ2n) is 3.23. The first-order valence-corrected chi connectivity index (χ1v) is 4.62. The second kappa shape index (κ2) is 6.25. The summed E-state index contributed by atoms with van der Waals surface area (Å²) in [6, 6.07) is 5.64. The van der Waals surface area contributed by atoms with Crippen molar-refractivity contribution in [1.29, 1.82) is 0 Å². The minimum Gasteiger partial charge on any atom is -0.395 e. The van der Waals surface area contributed by atoms with Crippen molar-refractivity contribution in [2.45, 2.75) is 19.4 Å². The number of rotatable bonds is 3. The van der Waals surface area contributed by atoms with Crippen LogP contribution in [0.1, 0.15) is 11.1 Å². The topological polar surface area (TPSA) is 46.2 Å². The Labute approximate surface area is 95.5 Å². The van der Waals surface area contributed by atoms with Crippen molar-refractivity contribution in [2.75, 3.05) is 6.61 Å². The van der Waals surface area contributed by atoms with Crippen molar-refractivity contribution in [2.24, 2.45) is 5.73 Å². The maximum Gasteiger partial charge on any atom is 0.0585 e. The van der Waals surface area contributed by atoms with Gasteiger partial charge in [0.1, 0.15) is 0 Å². The summed E-state index contributed by atoms with van der Waals surface area (Å²) in [6.07, 6.45) is 0.663. The van der Waals surface area contributed by atoms with E-state index in [1.54, 1.807) is 0 Å². The van der Waals surface area contributed by atoms with Crippen molar-refractivity contribution in [3.63, 3.8) is 0 Å². The molecular formula is C10H15Cl2NO. The zero-order valence-electron chi connectivity index (χ0n) is 8.03. The zero-order valence-corrected chi connectivity index (χ0v) is 9.61.